The summed E-state index contributed by atoms with van der Waals surface area (Å²) in [7, 11) is 0. The number of rotatable bonds is 5. The van der Waals surface area contributed by atoms with Crippen molar-refractivity contribution in [2.75, 3.05) is 0 Å². The Labute approximate surface area is 94.2 Å². The van der Waals surface area contributed by atoms with Gasteiger partial charge in [0.25, 0.3) is 0 Å². The van der Waals surface area contributed by atoms with Crippen molar-refractivity contribution in [2.24, 2.45) is 0 Å². The third-order valence-corrected chi connectivity index (χ3v) is 2.26. The third kappa shape index (κ3) is 3.74. The summed E-state index contributed by atoms with van der Waals surface area (Å²) in [5.74, 6) is 0. The second-order valence-electron chi connectivity index (χ2n) is 3.47. The molecule has 16 heavy (non-hydrogen) atoms. The standard InChI is InChI=1S/C12H15NO3/c1-2-11(14)10(13-12(15)16)8-9-6-4-3-5-7-9/h2-7,10-11,13-14H,1,8H2,(H,15,16)/t10-,11+/m0/s1. The van der Waals surface area contributed by atoms with Gasteiger partial charge in [-0.3, -0.25) is 0 Å². The molecule has 0 saturated carbocycles. The van der Waals surface area contributed by atoms with Gasteiger partial charge in [0, 0.05) is 0 Å². The summed E-state index contributed by atoms with van der Waals surface area (Å²) >= 11 is 0. The van der Waals surface area contributed by atoms with Gasteiger partial charge in [-0.05, 0) is 12.0 Å². The van der Waals surface area contributed by atoms with Crippen molar-refractivity contribution in [3.8, 4) is 0 Å². The van der Waals surface area contributed by atoms with Crippen molar-refractivity contribution in [2.45, 2.75) is 18.6 Å². The normalized spacial score (nSPS) is 13.8. The maximum absolute atomic E-state index is 10.6. The topological polar surface area (TPSA) is 69.6 Å². The smallest absolute Gasteiger partial charge is 0.404 e. The predicted octanol–water partition coefficient (Wildman–Crippen LogP) is 1.41. The molecule has 0 heterocycles. The molecule has 2 atom stereocenters. The van der Waals surface area contributed by atoms with E-state index >= 15 is 0 Å². The summed E-state index contributed by atoms with van der Waals surface area (Å²) in [5, 5.41) is 20.5. The number of nitrogens with one attached hydrogen (secondary N) is 1. The largest absolute Gasteiger partial charge is 0.465 e. The summed E-state index contributed by atoms with van der Waals surface area (Å²) < 4.78 is 0. The molecule has 0 aliphatic carbocycles. The lowest BCUT2D eigenvalue weighted by Gasteiger charge is -2.20. The van der Waals surface area contributed by atoms with Crippen LogP contribution in [0.1, 0.15) is 5.56 Å². The molecule has 0 saturated heterocycles. The van der Waals surface area contributed by atoms with Gasteiger partial charge in [0.2, 0.25) is 0 Å². The van der Waals surface area contributed by atoms with Crippen LogP contribution in [0.5, 0.6) is 0 Å². The highest BCUT2D eigenvalue weighted by Gasteiger charge is 2.18. The van der Waals surface area contributed by atoms with Crippen LogP contribution in [0.15, 0.2) is 43.0 Å². The van der Waals surface area contributed by atoms with Crippen molar-refractivity contribution >= 4 is 6.09 Å². The number of hydrogen-bond acceptors (Lipinski definition) is 2. The zero-order valence-corrected chi connectivity index (χ0v) is 8.84. The molecule has 4 nitrogen and oxygen atoms in total. The molecule has 0 aromatic heterocycles. The van der Waals surface area contributed by atoms with Gasteiger partial charge in [-0.2, -0.15) is 0 Å². The number of carbonyl (C=O) groups is 1. The second kappa shape index (κ2) is 5.92. The molecule has 0 spiro atoms. The summed E-state index contributed by atoms with van der Waals surface area (Å²) in [6, 6.07) is 8.81. The Morgan fingerprint density at radius 3 is 2.56 bits per heavy atom. The molecular weight excluding hydrogens is 206 g/mol. The Kier molecular flexibility index (Phi) is 4.54. The van der Waals surface area contributed by atoms with Gasteiger partial charge >= 0.3 is 6.09 Å². The molecule has 0 unspecified atom stereocenters. The van der Waals surface area contributed by atoms with Crippen molar-refractivity contribution < 1.29 is 15.0 Å². The fraction of sp³-hybridized carbons (Fsp3) is 0.250. The van der Waals surface area contributed by atoms with Crippen LogP contribution >= 0.6 is 0 Å². The lowest BCUT2D eigenvalue weighted by Crippen LogP contribution is -2.43. The van der Waals surface area contributed by atoms with E-state index in [1.165, 1.54) is 6.08 Å². The number of aliphatic hydroxyl groups excluding tert-OH is 1. The van der Waals surface area contributed by atoms with E-state index in [4.69, 9.17) is 5.11 Å². The highest BCUT2D eigenvalue weighted by molar-refractivity contribution is 5.65. The van der Waals surface area contributed by atoms with Gasteiger partial charge in [-0.1, -0.05) is 36.4 Å². The number of amides is 1. The van der Waals surface area contributed by atoms with Crippen LogP contribution in [0, 0.1) is 0 Å². The maximum atomic E-state index is 10.6. The van der Waals surface area contributed by atoms with Crippen LogP contribution < -0.4 is 5.32 Å². The molecule has 1 rings (SSSR count). The molecule has 1 amide bonds. The van der Waals surface area contributed by atoms with Crippen LogP contribution in [0.4, 0.5) is 4.79 Å². The minimum absolute atomic E-state index is 0.431. The molecule has 4 heteroatoms. The SMILES string of the molecule is C=C[C@@H](O)[C@H](Cc1ccccc1)NC(=O)O. The van der Waals surface area contributed by atoms with Gasteiger partial charge in [-0.25, -0.2) is 4.79 Å². The summed E-state index contributed by atoms with van der Waals surface area (Å²) in [4.78, 5) is 10.6. The maximum Gasteiger partial charge on any atom is 0.404 e. The summed E-state index contributed by atoms with van der Waals surface area (Å²) in [6.07, 6.45) is -0.290. The summed E-state index contributed by atoms with van der Waals surface area (Å²) in [6.45, 7) is 3.45. The Morgan fingerprint density at radius 1 is 1.44 bits per heavy atom. The van der Waals surface area contributed by atoms with Gasteiger partial charge in [-0.15, -0.1) is 6.58 Å². The van der Waals surface area contributed by atoms with E-state index in [9.17, 15) is 9.90 Å². The Bertz CT molecular complexity index is 351. The lowest BCUT2D eigenvalue weighted by molar-refractivity contribution is 0.151. The molecule has 1 aromatic carbocycles. The fourth-order valence-electron chi connectivity index (χ4n) is 1.45. The fourth-order valence-corrected chi connectivity index (χ4v) is 1.45. The quantitative estimate of drug-likeness (QED) is 0.658. The van der Waals surface area contributed by atoms with Gasteiger partial charge in [0.15, 0.2) is 0 Å². The minimum Gasteiger partial charge on any atom is -0.465 e. The minimum atomic E-state index is -1.15. The molecule has 1 aromatic rings. The second-order valence-corrected chi connectivity index (χ2v) is 3.47. The van der Waals surface area contributed by atoms with Crippen molar-refractivity contribution in [3.05, 3.63) is 48.6 Å². The number of aliphatic hydroxyl groups is 1. The van der Waals surface area contributed by atoms with Crippen LogP contribution in [-0.2, 0) is 6.42 Å². The molecule has 0 aliphatic heterocycles. The first-order chi connectivity index (χ1) is 7.63. The van der Waals surface area contributed by atoms with E-state index in [1.54, 1.807) is 0 Å². The first kappa shape index (κ1) is 12.3. The van der Waals surface area contributed by atoms with Gasteiger partial charge in [0.1, 0.15) is 0 Å². The van der Waals surface area contributed by atoms with Crippen LogP contribution in [-0.4, -0.2) is 28.5 Å². The van der Waals surface area contributed by atoms with E-state index in [0.717, 1.165) is 5.56 Å². The average molecular weight is 221 g/mol. The first-order valence-corrected chi connectivity index (χ1v) is 4.97. The van der Waals surface area contributed by atoms with Crippen molar-refractivity contribution in [1.82, 2.24) is 5.32 Å². The number of hydrogen-bond donors (Lipinski definition) is 3. The zero-order chi connectivity index (χ0) is 12.0. The average Bonchev–Trinajstić information content (AvgIpc) is 2.28. The van der Waals surface area contributed by atoms with E-state index < -0.39 is 18.2 Å². The zero-order valence-electron chi connectivity index (χ0n) is 8.84. The number of benzene rings is 1. The summed E-state index contributed by atoms with van der Waals surface area (Å²) in [5.41, 5.74) is 0.960. The Hall–Kier alpha value is -1.81. The Morgan fingerprint density at radius 2 is 2.06 bits per heavy atom. The van der Waals surface area contributed by atoms with E-state index in [2.05, 4.69) is 11.9 Å². The van der Waals surface area contributed by atoms with E-state index in [1.807, 2.05) is 30.3 Å². The highest BCUT2D eigenvalue weighted by Crippen LogP contribution is 2.06. The molecular formula is C12H15NO3. The van der Waals surface area contributed by atoms with Gasteiger partial charge < -0.3 is 15.5 Å². The molecule has 0 fully saturated rings. The first-order valence-electron chi connectivity index (χ1n) is 4.97. The third-order valence-electron chi connectivity index (χ3n) is 2.26. The van der Waals surface area contributed by atoms with Crippen LogP contribution in [0.25, 0.3) is 0 Å². The molecule has 0 aliphatic rings. The van der Waals surface area contributed by atoms with Crippen molar-refractivity contribution in [1.29, 1.82) is 0 Å². The molecule has 3 N–H and O–H groups in total. The predicted molar refractivity (Wildman–Crippen MR) is 61.3 cm³/mol. The Balaban J connectivity index is 2.70. The number of carboxylic acid groups (broad SMARTS) is 1. The monoisotopic (exact) mass is 221 g/mol. The van der Waals surface area contributed by atoms with Crippen LogP contribution in [0.3, 0.4) is 0 Å². The van der Waals surface area contributed by atoms with Crippen LogP contribution in [0.2, 0.25) is 0 Å². The van der Waals surface area contributed by atoms with E-state index in [-0.39, 0.29) is 0 Å². The molecule has 86 valence electrons. The van der Waals surface area contributed by atoms with Crippen molar-refractivity contribution in [3.63, 3.8) is 0 Å². The highest BCUT2D eigenvalue weighted by atomic mass is 16.4. The van der Waals surface area contributed by atoms with E-state index in [0.29, 0.717) is 6.42 Å². The molecule has 0 bridgehead atoms. The molecule has 0 radical (unpaired) electrons. The van der Waals surface area contributed by atoms with Gasteiger partial charge in [0.05, 0.1) is 12.1 Å². The lowest BCUT2D eigenvalue weighted by atomic mass is 10.0.